The lowest BCUT2D eigenvalue weighted by Gasteiger charge is -2.35. The van der Waals surface area contributed by atoms with Gasteiger partial charge in [-0.2, -0.15) is 0 Å². The van der Waals surface area contributed by atoms with Gasteiger partial charge in [-0.05, 0) is 26.3 Å². The second kappa shape index (κ2) is 5.75. The van der Waals surface area contributed by atoms with Crippen LogP contribution in [0.15, 0.2) is 11.6 Å². The predicted octanol–water partition coefficient (Wildman–Crippen LogP) is 1.81. The molecule has 1 atom stereocenters. The van der Waals surface area contributed by atoms with Crippen LogP contribution in [0.5, 0.6) is 0 Å². The van der Waals surface area contributed by atoms with Crippen molar-refractivity contribution in [3.8, 4) is 0 Å². The standard InChI is InChI=1S/C12H21N3S/c1-12(5-2-3-6-15-12)10-13-7-4-11-14-8-9-16-11/h8-9,13,15H,2-7,10H2,1H3. The third-order valence-corrected chi connectivity index (χ3v) is 4.06. The first-order valence-corrected chi connectivity index (χ1v) is 7.01. The molecule has 2 N–H and O–H groups in total. The minimum atomic E-state index is 0.307. The monoisotopic (exact) mass is 239 g/mol. The van der Waals surface area contributed by atoms with Crippen molar-refractivity contribution in [1.82, 2.24) is 15.6 Å². The fourth-order valence-electron chi connectivity index (χ4n) is 2.21. The average Bonchev–Trinajstić information content (AvgIpc) is 2.78. The Balaban J connectivity index is 1.63. The van der Waals surface area contributed by atoms with E-state index in [0.29, 0.717) is 5.54 Å². The van der Waals surface area contributed by atoms with Gasteiger partial charge in [-0.25, -0.2) is 4.98 Å². The first kappa shape index (κ1) is 12.0. The molecule has 0 spiro atoms. The van der Waals surface area contributed by atoms with Gasteiger partial charge < -0.3 is 10.6 Å². The van der Waals surface area contributed by atoms with Gasteiger partial charge in [0, 0.05) is 36.6 Å². The smallest absolute Gasteiger partial charge is 0.0937 e. The quantitative estimate of drug-likeness (QED) is 0.770. The van der Waals surface area contributed by atoms with Crippen molar-refractivity contribution in [2.75, 3.05) is 19.6 Å². The van der Waals surface area contributed by atoms with Crippen LogP contribution in [0.4, 0.5) is 0 Å². The van der Waals surface area contributed by atoms with E-state index in [9.17, 15) is 0 Å². The maximum Gasteiger partial charge on any atom is 0.0937 e. The lowest BCUT2D eigenvalue weighted by atomic mass is 9.91. The molecular formula is C12H21N3S. The molecule has 1 aliphatic heterocycles. The van der Waals surface area contributed by atoms with Gasteiger partial charge in [0.2, 0.25) is 0 Å². The highest BCUT2D eigenvalue weighted by Crippen LogP contribution is 2.17. The molecule has 4 heteroatoms. The minimum Gasteiger partial charge on any atom is -0.314 e. The van der Waals surface area contributed by atoms with Crippen LogP contribution < -0.4 is 10.6 Å². The van der Waals surface area contributed by atoms with Gasteiger partial charge in [0.15, 0.2) is 0 Å². The topological polar surface area (TPSA) is 37.0 Å². The van der Waals surface area contributed by atoms with Gasteiger partial charge >= 0.3 is 0 Å². The predicted molar refractivity (Wildman–Crippen MR) is 68.9 cm³/mol. The number of thiazole rings is 1. The van der Waals surface area contributed by atoms with Crippen molar-refractivity contribution in [3.63, 3.8) is 0 Å². The molecule has 0 radical (unpaired) electrons. The van der Waals surface area contributed by atoms with Crippen molar-refractivity contribution < 1.29 is 0 Å². The maximum absolute atomic E-state index is 4.28. The Bertz CT molecular complexity index is 291. The van der Waals surface area contributed by atoms with Crippen LogP contribution >= 0.6 is 11.3 Å². The van der Waals surface area contributed by atoms with Crippen LogP contribution in [0.1, 0.15) is 31.2 Å². The zero-order valence-electron chi connectivity index (χ0n) is 9.96. The Labute approximate surface area is 102 Å². The molecular weight excluding hydrogens is 218 g/mol. The lowest BCUT2D eigenvalue weighted by molar-refractivity contribution is 0.268. The van der Waals surface area contributed by atoms with E-state index in [-0.39, 0.29) is 0 Å². The molecule has 1 aliphatic rings. The van der Waals surface area contributed by atoms with Crippen LogP contribution in [-0.2, 0) is 6.42 Å². The number of nitrogens with zero attached hydrogens (tertiary/aromatic N) is 1. The number of aromatic nitrogens is 1. The minimum absolute atomic E-state index is 0.307. The fourth-order valence-corrected chi connectivity index (χ4v) is 2.83. The summed E-state index contributed by atoms with van der Waals surface area (Å²) < 4.78 is 0. The SMILES string of the molecule is CC1(CNCCc2nccs2)CCCCN1. The number of hydrogen-bond donors (Lipinski definition) is 2. The zero-order valence-corrected chi connectivity index (χ0v) is 10.8. The molecule has 90 valence electrons. The van der Waals surface area contributed by atoms with Crippen molar-refractivity contribution in [2.24, 2.45) is 0 Å². The molecule has 2 rings (SSSR count). The van der Waals surface area contributed by atoms with Gasteiger partial charge in [-0.1, -0.05) is 6.42 Å². The molecule has 1 fully saturated rings. The third-order valence-electron chi connectivity index (χ3n) is 3.22. The van der Waals surface area contributed by atoms with Crippen LogP contribution in [-0.4, -0.2) is 30.2 Å². The van der Waals surface area contributed by atoms with Crippen molar-refractivity contribution in [1.29, 1.82) is 0 Å². The first-order chi connectivity index (χ1) is 7.79. The van der Waals surface area contributed by atoms with Gasteiger partial charge in [0.25, 0.3) is 0 Å². The van der Waals surface area contributed by atoms with Gasteiger partial charge in [0.05, 0.1) is 5.01 Å². The molecule has 1 unspecified atom stereocenters. The Morgan fingerprint density at radius 1 is 1.56 bits per heavy atom. The Morgan fingerprint density at radius 2 is 2.50 bits per heavy atom. The van der Waals surface area contributed by atoms with E-state index in [1.807, 2.05) is 11.6 Å². The molecule has 16 heavy (non-hydrogen) atoms. The molecule has 1 saturated heterocycles. The molecule has 1 aromatic heterocycles. The Hall–Kier alpha value is -0.450. The summed E-state index contributed by atoms with van der Waals surface area (Å²) in [6, 6.07) is 0. The van der Waals surface area contributed by atoms with Crippen molar-refractivity contribution >= 4 is 11.3 Å². The molecule has 0 amide bonds. The van der Waals surface area contributed by atoms with Crippen molar-refractivity contribution in [2.45, 2.75) is 38.1 Å². The summed E-state index contributed by atoms with van der Waals surface area (Å²) in [4.78, 5) is 4.28. The highest BCUT2D eigenvalue weighted by molar-refractivity contribution is 7.09. The van der Waals surface area contributed by atoms with E-state index in [1.54, 1.807) is 11.3 Å². The number of piperidine rings is 1. The summed E-state index contributed by atoms with van der Waals surface area (Å²) >= 11 is 1.74. The van der Waals surface area contributed by atoms with E-state index in [4.69, 9.17) is 0 Å². The van der Waals surface area contributed by atoms with Gasteiger partial charge in [-0.15, -0.1) is 11.3 Å². The summed E-state index contributed by atoms with van der Waals surface area (Å²) in [7, 11) is 0. The molecule has 0 bridgehead atoms. The molecule has 3 nitrogen and oxygen atoms in total. The number of rotatable bonds is 5. The molecule has 0 aliphatic carbocycles. The molecule has 2 heterocycles. The maximum atomic E-state index is 4.28. The third kappa shape index (κ3) is 3.54. The number of hydrogen-bond acceptors (Lipinski definition) is 4. The molecule has 0 aromatic carbocycles. The van der Waals surface area contributed by atoms with E-state index >= 15 is 0 Å². The number of nitrogens with one attached hydrogen (secondary N) is 2. The summed E-state index contributed by atoms with van der Waals surface area (Å²) in [5.41, 5.74) is 0.307. The fraction of sp³-hybridized carbons (Fsp3) is 0.750. The summed E-state index contributed by atoms with van der Waals surface area (Å²) in [6.45, 7) is 5.59. The Morgan fingerprint density at radius 3 is 3.19 bits per heavy atom. The summed E-state index contributed by atoms with van der Waals surface area (Å²) in [6.07, 6.45) is 6.90. The van der Waals surface area contributed by atoms with Crippen LogP contribution in [0.3, 0.4) is 0 Å². The van der Waals surface area contributed by atoms with E-state index in [1.165, 1.54) is 30.8 Å². The molecule has 0 saturated carbocycles. The van der Waals surface area contributed by atoms with Gasteiger partial charge in [-0.3, -0.25) is 0 Å². The average molecular weight is 239 g/mol. The molecule has 1 aromatic rings. The second-order valence-corrected chi connectivity index (χ2v) is 5.78. The lowest BCUT2D eigenvalue weighted by Crippen LogP contribution is -2.52. The highest BCUT2D eigenvalue weighted by Gasteiger charge is 2.25. The van der Waals surface area contributed by atoms with E-state index in [2.05, 4.69) is 22.5 Å². The first-order valence-electron chi connectivity index (χ1n) is 6.13. The second-order valence-electron chi connectivity index (χ2n) is 4.80. The zero-order chi connectivity index (χ0) is 11.3. The van der Waals surface area contributed by atoms with Crippen LogP contribution in [0, 0.1) is 0 Å². The normalized spacial score (nSPS) is 25.8. The highest BCUT2D eigenvalue weighted by atomic mass is 32.1. The van der Waals surface area contributed by atoms with E-state index in [0.717, 1.165) is 19.5 Å². The van der Waals surface area contributed by atoms with E-state index < -0.39 is 0 Å². The van der Waals surface area contributed by atoms with Crippen LogP contribution in [0.25, 0.3) is 0 Å². The summed E-state index contributed by atoms with van der Waals surface area (Å²) in [5, 5.41) is 10.4. The Kier molecular flexibility index (Phi) is 4.32. The van der Waals surface area contributed by atoms with Crippen molar-refractivity contribution in [3.05, 3.63) is 16.6 Å². The largest absolute Gasteiger partial charge is 0.314 e. The summed E-state index contributed by atoms with van der Waals surface area (Å²) in [5.74, 6) is 0. The van der Waals surface area contributed by atoms with Crippen LogP contribution in [0.2, 0.25) is 0 Å². The van der Waals surface area contributed by atoms with Gasteiger partial charge in [0.1, 0.15) is 0 Å².